The largest absolute Gasteiger partial charge is 0.508 e. The average Bonchev–Trinajstić information content (AvgIpc) is 2.82. The SMILES string of the molecule is O=C(CN[C@H](CO)Cc1ccc(O)cc1)N1CCc2ccccc2[C@@H]1C1CCCCC1. The highest BCUT2D eigenvalue weighted by Crippen LogP contribution is 2.41. The van der Waals surface area contributed by atoms with Crippen LogP contribution in [0.1, 0.15) is 54.8 Å². The number of aliphatic hydroxyl groups excluding tert-OH is 1. The number of fused-ring (bicyclic) bond motifs is 1. The molecule has 0 spiro atoms. The van der Waals surface area contributed by atoms with E-state index in [9.17, 15) is 15.0 Å². The van der Waals surface area contributed by atoms with Crippen molar-refractivity contribution >= 4 is 5.91 Å². The number of benzene rings is 2. The van der Waals surface area contributed by atoms with Crippen LogP contribution in [0.4, 0.5) is 0 Å². The van der Waals surface area contributed by atoms with Gasteiger partial charge in [-0.1, -0.05) is 55.7 Å². The van der Waals surface area contributed by atoms with E-state index in [4.69, 9.17) is 0 Å². The van der Waals surface area contributed by atoms with Crippen LogP contribution in [0.25, 0.3) is 0 Å². The third kappa shape index (κ3) is 5.28. The summed E-state index contributed by atoms with van der Waals surface area (Å²) in [5.74, 6) is 0.880. The van der Waals surface area contributed by atoms with Crippen molar-refractivity contribution in [2.24, 2.45) is 5.92 Å². The summed E-state index contributed by atoms with van der Waals surface area (Å²) < 4.78 is 0. The van der Waals surface area contributed by atoms with Crippen molar-refractivity contribution in [3.05, 3.63) is 65.2 Å². The van der Waals surface area contributed by atoms with Gasteiger partial charge in [-0.2, -0.15) is 0 Å². The number of hydrogen-bond acceptors (Lipinski definition) is 4. The third-order valence-corrected chi connectivity index (χ3v) is 6.93. The van der Waals surface area contributed by atoms with Crippen LogP contribution in [-0.2, 0) is 17.6 Å². The van der Waals surface area contributed by atoms with E-state index in [1.807, 2.05) is 12.1 Å². The number of phenolic OH excluding ortho intramolecular Hbond substituents is 1. The van der Waals surface area contributed by atoms with E-state index < -0.39 is 0 Å². The van der Waals surface area contributed by atoms with Gasteiger partial charge >= 0.3 is 0 Å². The maximum atomic E-state index is 13.3. The van der Waals surface area contributed by atoms with Crippen molar-refractivity contribution in [1.82, 2.24) is 10.2 Å². The van der Waals surface area contributed by atoms with Gasteiger partial charge in [0.1, 0.15) is 5.75 Å². The Labute approximate surface area is 185 Å². The first-order chi connectivity index (χ1) is 15.2. The lowest BCUT2D eigenvalue weighted by molar-refractivity contribution is -0.135. The highest BCUT2D eigenvalue weighted by molar-refractivity contribution is 5.79. The van der Waals surface area contributed by atoms with Crippen molar-refractivity contribution in [3.8, 4) is 5.75 Å². The van der Waals surface area contributed by atoms with Gasteiger partial charge in [0.05, 0.1) is 19.2 Å². The molecule has 1 aliphatic carbocycles. The van der Waals surface area contributed by atoms with Gasteiger partial charge in [-0.15, -0.1) is 0 Å². The summed E-state index contributed by atoms with van der Waals surface area (Å²) >= 11 is 0. The third-order valence-electron chi connectivity index (χ3n) is 6.93. The summed E-state index contributed by atoms with van der Waals surface area (Å²) in [5, 5.41) is 22.5. The molecule has 3 N–H and O–H groups in total. The smallest absolute Gasteiger partial charge is 0.237 e. The maximum Gasteiger partial charge on any atom is 0.237 e. The van der Waals surface area contributed by atoms with E-state index in [1.165, 1.54) is 43.2 Å². The normalized spacial score (nSPS) is 20.3. The van der Waals surface area contributed by atoms with Gasteiger partial charge < -0.3 is 20.4 Å². The Hall–Kier alpha value is -2.37. The van der Waals surface area contributed by atoms with Crippen molar-refractivity contribution < 1.29 is 15.0 Å². The van der Waals surface area contributed by atoms with Crippen molar-refractivity contribution in [3.63, 3.8) is 0 Å². The number of aliphatic hydroxyl groups is 1. The second-order valence-corrected chi connectivity index (χ2v) is 9.01. The molecular weight excluding hydrogens is 388 g/mol. The van der Waals surface area contributed by atoms with Crippen LogP contribution in [0.3, 0.4) is 0 Å². The lowest BCUT2D eigenvalue weighted by atomic mass is 9.77. The van der Waals surface area contributed by atoms with Gasteiger partial charge in [-0.05, 0) is 60.4 Å². The summed E-state index contributed by atoms with van der Waals surface area (Å²) in [6, 6.07) is 15.6. The summed E-state index contributed by atoms with van der Waals surface area (Å²) in [6.45, 7) is 0.957. The molecule has 0 unspecified atom stereocenters. The summed E-state index contributed by atoms with van der Waals surface area (Å²) in [7, 11) is 0. The van der Waals surface area contributed by atoms with Crippen LogP contribution < -0.4 is 5.32 Å². The molecule has 31 heavy (non-hydrogen) atoms. The van der Waals surface area contributed by atoms with Crippen LogP contribution in [0, 0.1) is 5.92 Å². The molecule has 2 atom stereocenters. The monoisotopic (exact) mass is 422 g/mol. The van der Waals surface area contributed by atoms with Crippen molar-refractivity contribution in [2.75, 3.05) is 19.7 Å². The van der Waals surface area contributed by atoms with Gasteiger partial charge in [-0.25, -0.2) is 0 Å². The molecule has 0 saturated heterocycles. The van der Waals surface area contributed by atoms with E-state index in [2.05, 4.69) is 34.5 Å². The molecule has 1 amide bonds. The summed E-state index contributed by atoms with van der Waals surface area (Å²) in [4.78, 5) is 15.4. The number of hydrogen-bond donors (Lipinski definition) is 3. The zero-order chi connectivity index (χ0) is 21.6. The van der Waals surface area contributed by atoms with E-state index >= 15 is 0 Å². The molecule has 1 aliphatic heterocycles. The first-order valence-corrected chi connectivity index (χ1v) is 11.6. The number of phenols is 1. The highest BCUT2D eigenvalue weighted by atomic mass is 16.3. The van der Waals surface area contributed by atoms with Gasteiger partial charge in [0, 0.05) is 12.6 Å². The second-order valence-electron chi connectivity index (χ2n) is 9.01. The minimum atomic E-state index is -0.196. The average molecular weight is 423 g/mol. The number of rotatable bonds is 7. The fourth-order valence-electron chi connectivity index (χ4n) is 5.29. The van der Waals surface area contributed by atoms with Crippen LogP contribution in [-0.4, -0.2) is 46.8 Å². The molecule has 1 saturated carbocycles. The first kappa shape index (κ1) is 21.8. The van der Waals surface area contributed by atoms with E-state index in [1.54, 1.807) is 12.1 Å². The number of carbonyl (C=O) groups excluding carboxylic acids is 1. The molecule has 166 valence electrons. The van der Waals surface area contributed by atoms with Crippen molar-refractivity contribution in [1.29, 1.82) is 0 Å². The summed E-state index contributed by atoms with van der Waals surface area (Å²) in [5.41, 5.74) is 3.73. The predicted molar refractivity (Wildman–Crippen MR) is 122 cm³/mol. The van der Waals surface area contributed by atoms with Gasteiger partial charge in [0.15, 0.2) is 0 Å². The van der Waals surface area contributed by atoms with E-state index in [-0.39, 0.29) is 36.9 Å². The number of nitrogens with zero attached hydrogens (tertiary/aromatic N) is 1. The van der Waals surface area contributed by atoms with Gasteiger partial charge in [0.25, 0.3) is 0 Å². The van der Waals surface area contributed by atoms with Gasteiger partial charge in [0.2, 0.25) is 5.91 Å². The summed E-state index contributed by atoms with van der Waals surface area (Å²) in [6.07, 6.45) is 7.70. The molecular formula is C26H34N2O3. The maximum absolute atomic E-state index is 13.3. The molecule has 2 aromatic rings. The lowest BCUT2D eigenvalue weighted by Crippen LogP contribution is -2.49. The molecule has 1 fully saturated rings. The fraction of sp³-hybridized carbons (Fsp3) is 0.500. The van der Waals surface area contributed by atoms with Crippen LogP contribution >= 0.6 is 0 Å². The first-order valence-electron chi connectivity index (χ1n) is 11.6. The Morgan fingerprint density at radius 2 is 1.81 bits per heavy atom. The molecule has 0 bridgehead atoms. The zero-order valence-electron chi connectivity index (χ0n) is 18.2. The molecule has 0 radical (unpaired) electrons. The van der Waals surface area contributed by atoms with Crippen LogP contribution in [0.2, 0.25) is 0 Å². The van der Waals surface area contributed by atoms with E-state index in [0.717, 1.165) is 18.5 Å². The molecule has 5 nitrogen and oxygen atoms in total. The molecule has 5 heteroatoms. The Morgan fingerprint density at radius 1 is 1.06 bits per heavy atom. The molecule has 1 heterocycles. The minimum Gasteiger partial charge on any atom is -0.508 e. The number of nitrogens with one attached hydrogen (secondary N) is 1. The minimum absolute atomic E-state index is 0.0386. The second kappa shape index (κ2) is 10.3. The highest BCUT2D eigenvalue weighted by Gasteiger charge is 2.36. The quantitative estimate of drug-likeness (QED) is 0.638. The number of aromatic hydroxyl groups is 1. The Kier molecular flexibility index (Phi) is 7.25. The Balaban J connectivity index is 1.43. The number of carbonyl (C=O) groups is 1. The topological polar surface area (TPSA) is 72.8 Å². The zero-order valence-corrected chi connectivity index (χ0v) is 18.2. The van der Waals surface area contributed by atoms with Gasteiger partial charge in [-0.3, -0.25) is 4.79 Å². The van der Waals surface area contributed by atoms with Crippen LogP contribution in [0.5, 0.6) is 5.75 Å². The van der Waals surface area contributed by atoms with Crippen molar-refractivity contribution in [2.45, 2.75) is 57.0 Å². The molecule has 4 rings (SSSR count). The lowest BCUT2D eigenvalue weighted by Gasteiger charge is -2.43. The fourth-order valence-corrected chi connectivity index (χ4v) is 5.29. The predicted octanol–water partition coefficient (Wildman–Crippen LogP) is 3.59. The number of amides is 1. The molecule has 2 aromatic carbocycles. The standard InChI is InChI=1S/C26H34N2O3/c29-18-22(16-19-10-12-23(30)13-11-19)27-17-25(31)28-15-14-20-6-4-5-9-24(20)26(28)21-7-2-1-3-8-21/h4-6,9-13,21-22,26-27,29-30H,1-3,7-8,14-18H2/t22-,26-/m0/s1. The Morgan fingerprint density at radius 3 is 2.55 bits per heavy atom. The molecule has 2 aliphatic rings. The Bertz CT molecular complexity index is 861. The molecule has 0 aromatic heterocycles. The van der Waals surface area contributed by atoms with Crippen LogP contribution in [0.15, 0.2) is 48.5 Å². The van der Waals surface area contributed by atoms with E-state index in [0.29, 0.717) is 12.3 Å².